The van der Waals surface area contributed by atoms with Gasteiger partial charge in [0.25, 0.3) is 0 Å². The van der Waals surface area contributed by atoms with Crippen LogP contribution in [0.1, 0.15) is 51.4 Å². The summed E-state index contributed by atoms with van der Waals surface area (Å²) in [6.45, 7) is 0.925. The SMILES string of the molecule is COC1(CC(=O)N2CCCCCC2CBr)CCC1. The minimum absolute atomic E-state index is 0.139. The van der Waals surface area contributed by atoms with Crippen LogP contribution in [0, 0.1) is 0 Å². The molecule has 1 unspecified atom stereocenters. The van der Waals surface area contributed by atoms with Gasteiger partial charge < -0.3 is 9.64 Å². The third-order valence-electron chi connectivity index (χ3n) is 4.55. The van der Waals surface area contributed by atoms with Gasteiger partial charge >= 0.3 is 0 Å². The maximum absolute atomic E-state index is 12.5. The van der Waals surface area contributed by atoms with Crippen molar-refractivity contribution in [3.05, 3.63) is 0 Å². The smallest absolute Gasteiger partial charge is 0.225 e. The lowest BCUT2D eigenvalue weighted by Gasteiger charge is -2.42. The Morgan fingerprint density at radius 2 is 2.11 bits per heavy atom. The lowest BCUT2D eigenvalue weighted by Crippen LogP contribution is -2.48. The fourth-order valence-corrected chi connectivity index (χ4v) is 3.74. The van der Waals surface area contributed by atoms with Crippen molar-refractivity contribution in [3.63, 3.8) is 0 Å². The van der Waals surface area contributed by atoms with Gasteiger partial charge in [-0.3, -0.25) is 4.79 Å². The molecule has 0 aromatic carbocycles. The molecule has 0 aromatic heterocycles. The summed E-state index contributed by atoms with van der Waals surface area (Å²) in [5, 5.41) is 0.902. The molecule has 18 heavy (non-hydrogen) atoms. The van der Waals surface area contributed by atoms with Gasteiger partial charge in [-0.2, -0.15) is 0 Å². The van der Waals surface area contributed by atoms with E-state index >= 15 is 0 Å². The average molecular weight is 318 g/mol. The summed E-state index contributed by atoms with van der Waals surface area (Å²) in [6.07, 6.45) is 8.64. The maximum Gasteiger partial charge on any atom is 0.225 e. The van der Waals surface area contributed by atoms with Crippen LogP contribution in [0.4, 0.5) is 0 Å². The van der Waals surface area contributed by atoms with Gasteiger partial charge in [-0.15, -0.1) is 0 Å². The van der Waals surface area contributed by atoms with Crippen LogP contribution in [0.15, 0.2) is 0 Å². The van der Waals surface area contributed by atoms with Crippen molar-refractivity contribution in [3.8, 4) is 0 Å². The molecule has 3 nitrogen and oxygen atoms in total. The molecule has 0 N–H and O–H groups in total. The zero-order chi connectivity index (χ0) is 13.0. The summed E-state index contributed by atoms with van der Waals surface area (Å²) in [6, 6.07) is 0.383. The van der Waals surface area contributed by atoms with Gasteiger partial charge in [0.05, 0.1) is 12.0 Å². The summed E-state index contributed by atoms with van der Waals surface area (Å²) in [5.41, 5.74) is -0.139. The summed E-state index contributed by atoms with van der Waals surface area (Å²) in [7, 11) is 1.75. The highest BCUT2D eigenvalue weighted by Gasteiger charge is 2.40. The number of hydrogen-bond acceptors (Lipinski definition) is 2. The fourth-order valence-electron chi connectivity index (χ4n) is 3.07. The summed E-state index contributed by atoms with van der Waals surface area (Å²) in [4.78, 5) is 14.6. The number of carbonyl (C=O) groups is 1. The Balaban J connectivity index is 1.97. The van der Waals surface area contributed by atoms with Crippen LogP contribution < -0.4 is 0 Å². The third-order valence-corrected chi connectivity index (χ3v) is 5.29. The second-order valence-corrected chi connectivity index (χ2v) is 6.31. The number of nitrogens with zero attached hydrogens (tertiary/aromatic N) is 1. The molecule has 104 valence electrons. The van der Waals surface area contributed by atoms with Crippen molar-refractivity contribution in [2.75, 3.05) is 19.0 Å². The van der Waals surface area contributed by atoms with Crippen LogP contribution >= 0.6 is 15.9 Å². The molecule has 4 heteroatoms. The summed E-state index contributed by atoms with van der Waals surface area (Å²) in [5.74, 6) is 0.294. The molecule has 0 aromatic rings. The number of carbonyl (C=O) groups excluding carboxylic acids is 1. The van der Waals surface area contributed by atoms with Crippen molar-refractivity contribution in [1.82, 2.24) is 4.90 Å². The van der Waals surface area contributed by atoms with Crippen molar-refractivity contribution < 1.29 is 9.53 Å². The Morgan fingerprint density at radius 1 is 1.33 bits per heavy atom. The molecule has 1 aliphatic heterocycles. The predicted molar refractivity (Wildman–Crippen MR) is 76.0 cm³/mol. The monoisotopic (exact) mass is 317 g/mol. The Morgan fingerprint density at radius 3 is 2.67 bits per heavy atom. The molecular formula is C14H24BrNO2. The van der Waals surface area contributed by atoms with E-state index in [2.05, 4.69) is 20.8 Å². The Labute approximate surface area is 118 Å². The zero-order valence-corrected chi connectivity index (χ0v) is 12.9. The van der Waals surface area contributed by atoms with Crippen LogP contribution in [0.2, 0.25) is 0 Å². The van der Waals surface area contributed by atoms with Crippen molar-refractivity contribution >= 4 is 21.8 Å². The van der Waals surface area contributed by atoms with E-state index in [-0.39, 0.29) is 5.60 Å². The Bertz CT molecular complexity index is 286. The Kier molecular flexibility index (Phi) is 5.07. The number of amides is 1. The molecule has 2 rings (SSSR count). The molecule has 2 fully saturated rings. The number of likely N-dealkylation sites (tertiary alicyclic amines) is 1. The second kappa shape index (κ2) is 6.38. The standard InChI is InChI=1S/C14H24BrNO2/c1-18-14(7-5-8-14)10-13(17)16-9-4-2-3-6-12(16)11-15/h12H,2-11H2,1H3. The van der Waals surface area contributed by atoms with Crippen LogP contribution in [0.25, 0.3) is 0 Å². The molecule has 1 saturated carbocycles. The first-order chi connectivity index (χ1) is 8.71. The number of methoxy groups -OCH3 is 1. The molecule has 0 spiro atoms. The highest BCUT2D eigenvalue weighted by molar-refractivity contribution is 9.09. The molecule has 2 aliphatic rings. The molecule has 1 aliphatic carbocycles. The summed E-state index contributed by atoms with van der Waals surface area (Å²) >= 11 is 3.56. The van der Waals surface area contributed by atoms with E-state index in [1.54, 1.807) is 7.11 Å². The maximum atomic E-state index is 12.5. The van der Waals surface area contributed by atoms with E-state index in [1.165, 1.54) is 19.3 Å². The van der Waals surface area contributed by atoms with Gasteiger partial charge in [0.15, 0.2) is 0 Å². The van der Waals surface area contributed by atoms with Crippen LogP contribution in [0.5, 0.6) is 0 Å². The van der Waals surface area contributed by atoms with Crippen molar-refractivity contribution in [2.24, 2.45) is 0 Å². The molecule has 1 atom stereocenters. The molecule has 0 bridgehead atoms. The largest absolute Gasteiger partial charge is 0.378 e. The quantitative estimate of drug-likeness (QED) is 0.746. The molecule has 1 heterocycles. The highest BCUT2D eigenvalue weighted by Crippen LogP contribution is 2.38. The average Bonchev–Trinajstić information content (AvgIpc) is 2.58. The van der Waals surface area contributed by atoms with Gasteiger partial charge in [0, 0.05) is 25.0 Å². The molecule has 1 saturated heterocycles. The van der Waals surface area contributed by atoms with E-state index in [0.29, 0.717) is 18.4 Å². The van der Waals surface area contributed by atoms with Crippen LogP contribution in [-0.4, -0.2) is 41.4 Å². The van der Waals surface area contributed by atoms with E-state index < -0.39 is 0 Å². The van der Waals surface area contributed by atoms with Gasteiger partial charge in [-0.1, -0.05) is 28.8 Å². The van der Waals surface area contributed by atoms with Crippen LogP contribution in [0.3, 0.4) is 0 Å². The molecule has 1 amide bonds. The van der Waals surface area contributed by atoms with E-state index in [9.17, 15) is 4.79 Å². The van der Waals surface area contributed by atoms with Crippen molar-refractivity contribution in [2.45, 2.75) is 63.0 Å². The lowest BCUT2D eigenvalue weighted by atomic mass is 9.77. The molecule has 0 radical (unpaired) electrons. The van der Waals surface area contributed by atoms with Crippen LogP contribution in [-0.2, 0) is 9.53 Å². The van der Waals surface area contributed by atoms with Gasteiger partial charge in [-0.25, -0.2) is 0 Å². The summed E-state index contributed by atoms with van der Waals surface area (Å²) < 4.78 is 5.58. The van der Waals surface area contributed by atoms with Gasteiger partial charge in [-0.05, 0) is 32.1 Å². The first-order valence-corrected chi connectivity index (χ1v) is 8.23. The zero-order valence-electron chi connectivity index (χ0n) is 11.3. The topological polar surface area (TPSA) is 29.5 Å². The van der Waals surface area contributed by atoms with E-state index in [4.69, 9.17) is 4.74 Å². The van der Waals surface area contributed by atoms with E-state index in [1.807, 2.05) is 0 Å². The minimum atomic E-state index is -0.139. The molecular weight excluding hydrogens is 294 g/mol. The first-order valence-electron chi connectivity index (χ1n) is 7.11. The lowest BCUT2D eigenvalue weighted by molar-refractivity contribution is -0.145. The van der Waals surface area contributed by atoms with E-state index in [0.717, 1.165) is 37.6 Å². The number of alkyl halides is 1. The number of rotatable bonds is 4. The second-order valence-electron chi connectivity index (χ2n) is 5.66. The normalized spacial score (nSPS) is 27.4. The van der Waals surface area contributed by atoms with Gasteiger partial charge in [0.2, 0.25) is 5.91 Å². The minimum Gasteiger partial charge on any atom is -0.378 e. The highest BCUT2D eigenvalue weighted by atomic mass is 79.9. The van der Waals surface area contributed by atoms with Gasteiger partial charge in [0.1, 0.15) is 0 Å². The Hall–Kier alpha value is -0.0900. The number of ether oxygens (including phenoxy) is 1. The fraction of sp³-hybridized carbons (Fsp3) is 0.929. The van der Waals surface area contributed by atoms with Crippen molar-refractivity contribution in [1.29, 1.82) is 0 Å². The number of hydrogen-bond donors (Lipinski definition) is 0. The number of halogens is 1. The third kappa shape index (κ3) is 3.08. The predicted octanol–water partition coefficient (Wildman–Crippen LogP) is 3.11. The first kappa shape index (κ1) is 14.3.